The molecule has 0 aliphatic carbocycles. The molecule has 0 bridgehead atoms. The quantitative estimate of drug-likeness (QED) is 0.508. The summed E-state index contributed by atoms with van der Waals surface area (Å²) in [7, 11) is -3.86. The number of nitrogens with zero attached hydrogens (tertiary/aromatic N) is 2. The summed E-state index contributed by atoms with van der Waals surface area (Å²) >= 11 is 9.39. The summed E-state index contributed by atoms with van der Waals surface area (Å²) < 4.78 is 42.2. The molecule has 2 atom stereocenters. The van der Waals surface area contributed by atoms with Crippen molar-refractivity contribution in [3.8, 4) is 22.6 Å². The number of aliphatic hydroxyl groups is 1. The zero-order valence-electron chi connectivity index (χ0n) is 16.5. The molecule has 1 aromatic heterocycles. The Labute approximate surface area is 193 Å². The Morgan fingerprint density at radius 1 is 1.26 bits per heavy atom. The third kappa shape index (κ3) is 4.42. The molecule has 31 heavy (non-hydrogen) atoms. The van der Waals surface area contributed by atoms with E-state index in [2.05, 4.69) is 25.9 Å². The van der Waals surface area contributed by atoms with Crippen LogP contribution < -0.4 is 0 Å². The van der Waals surface area contributed by atoms with Crippen molar-refractivity contribution < 1.29 is 17.9 Å². The number of hydrogen-bond donors (Lipinski definition) is 2. The Kier molecular flexibility index (Phi) is 6.24. The number of aliphatic hydroxyl groups excluding tert-OH is 1. The molecular formula is C21H20BrClFN3O3S. The number of halogens is 3. The predicted octanol–water partition coefficient (Wildman–Crippen LogP) is 4.83. The molecule has 2 heterocycles. The number of aromatic nitrogens is 2. The van der Waals surface area contributed by atoms with E-state index in [0.717, 1.165) is 0 Å². The lowest BCUT2D eigenvalue weighted by Crippen LogP contribution is -2.46. The number of sulfonamides is 1. The molecule has 1 aliphatic rings. The maximum atomic E-state index is 13.9. The van der Waals surface area contributed by atoms with Crippen LogP contribution in [-0.2, 0) is 10.0 Å². The topological polar surface area (TPSA) is 86.3 Å². The number of aromatic amines is 1. The monoisotopic (exact) mass is 527 g/mol. The summed E-state index contributed by atoms with van der Waals surface area (Å²) in [5.74, 6) is 0.0443. The number of imidazole rings is 1. The smallest absolute Gasteiger partial charge is 0.244 e. The van der Waals surface area contributed by atoms with Crippen molar-refractivity contribution in [1.29, 1.82) is 0 Å². The van der Waals surface area contributed by atoms with Gasteiger partial charge in [0.15, 0.2) is 0 Å². The summed E-state index contributed by atoms with van der Waals surface area (Å²) in [6, 6.07) is 9.08. The van der Waals surface area contributed by atoms with Gasteiger partial charge < -0.3 is 10.1 Å². The van der Waals surface area contributed by atoms with E-state index in [1.165, 1.54) is 22.5 Å². The lowest BCUT2D eigenvalue weighted by atomic mass is 10.0. The fraction of sp³-hybridized carbons (Fsp3) is 0.286. The molecule has 1 fully saturated rings. The van der Waals surface area contributed by atoms with E-state index >= 15 is 0 Å². The van der Waals surface area contributed by atoms with Crippen LogP contribution >= 0.6 is 27.5 Å². The Balaban J connectivity index is 1.69. The largest absolute Gasteiger partial charge is 0.393 e. The summed E-state index contributed by atoms with van der Waals surface area (Å²) in [6.45, 7) is 2.00. The molecule has 2 unspecified atom stereocenters. The van der Waals surface area contributed by atoms with Gasteiger partial charge in [-0.05, 0) is 66.0 Å². The first-order valence-corrected chi connectivity index (χ1v) is 12.3. The summed E-state index contributed by atoms with van der Waals surface area (Å²) in [5.41, 5.74) is 1.75. The van der Waals surface area contributed by atoms with Crippen LogP contribution in [0.2, 0.25) is 5.02 Å². The van der Waals surface area contributed by atoms with Gasteiger partial charge in [0.1, 0.15) is 16.5 Å². The highest BCUT2D eigenvalue weighted by Gasteiger charge is 2.35. The Bertz CT molecular complexity index is 1230. The Morgan fingerprint density at radius 2 is 2.00 bits per heavy atom. The first kappa shape index (κ1) is 22.4. The lowest BCUT2D eigenvalue weighted by Gasteiger charge is -2.34. The van der Waals surface area contributed by atoms with Crippen molar-refractivity contribution in [2.75, 3.05) is 6.54 Å². The predicted molar refractivity (Wildman–Crippen MR) is 121 cm³/mol. The molecule has 2 aromatic carbocycles. The van der Waals surface area contributed by atoms with E-state index in [9.17, 15) is 17.9 Å². The van der Waals surface area contributed by atoms with Crippen LogP contribution in [0.25, 0.3) is 22.6 Å². The molecule has 0 radical (unpaired) electrons. The number of H-pyrrole nitrogens is 1. The molecule has 0 spiro atoms. The first-order chi connectivity index (χ1) is 14.7. The Morgan fingerprint density at radius 3 is 2.71 bits per heavy atom. The van der Waals surface area contributed by atoms with Crippen LogP contribution in [0.5, 0.6) is 0 Å². The number of hydrogen-bond acceptors (Lipinski definition) is 4. The molecule has 6 nitrogen and oxygen atoms in total. The number of benzene rings is 2. The average Bonchev–Trinajstić information content (AvgIpc) is 3.20. The van der Waals surface area contributed by atoms with Crippen LogP contribution in [-0.4, -0.2) is 46.5 Å². The minimum Gasteiger partial charge on any atom is -0.393 e. The van der Waals surface area contributed by atoms with E-state index in [0.29, 0.717) is 40.0 Å². The fourth-order valence-corrected chi connectivity index (χ4v) is 6.14. The molecule has 4 rings (SSSR count). The fourth-order valence-electron chi connectivity index (χ4n) is 3.74. The van der Waals surface area contributed by atoms with Gasteiger partial charge in [0.05, 0.1) is 27.5 Å². The van der Waals surface area contributed by atoms with Gasteiger partial charge in [0.2, 0.25) is 10.0 Å². The van der Waals surface area contributed by atoms with Crippen molar-refractivity contribution >= 4 is 37.6 Å². The van der Waals surface area contributed by atoms with Crippen molar-refractivity contribution in [2.45, 2.75) is 36.8 Å². The maximum Gasteiger partial charge on any atom is 0.244 e. The zero-order chi connectivity index (χ0) is 22.3. The molecule has 2 N–H and O–H groups in total. The number of piperidine rings is 1. The summed E-state index contributed by atoms with van der Waals surface area (Å²) in [6.07, 6.45) is 1.82. The minimum absolute atomic E-state index is 0.0115. The normalized spacial score (nSPS) is 20.2. The highest BCUT2D eigenvalue weighted by Crippen LogP contribution is 2.33. The van der Waals surface area contributed by atoms with Gasteiger partial charge in [-0.1, -0.05) is 17.7 Å². The zero-order valence-corrected chi connectivity index (χ0v) is 19.7. The van der Waals surface area contributed by atoms with Crippen LogP contribution in [0.1, 0.15) is 19.8 Å². The minimum atomic E-state index is -3.86. The van der Waals surface area contributed by atoms with Crippen molar-refractivity contribution in [1.82, 2.24) is 14.3 Å². The SMILES string of the molecule is CC1CC(O)CCN1S(=O)(=O)c1cc(-c2ncc(-c3ccc(Br)c(F)c3)[nH]2)ccc1Cl. The molecule has 1 aliphatic heterocycles. The van der Waals surface area contributed by atoms with Crippen LogP contribution in [0, 0.1) is 5.82 Å². The average molecular weight is 529 g/mol. The lowest BCUT2D eigenvalue weighted by molar-refractivity contribution is 0.0867. The Hall–Kier alpha value is -1.78. The molecular weight excluding hydrogens is 509 g/mol. The van der Waals surface area contributed by atoms with Gasteiger partial charge in [-0.15, -0.1) is 0 Å². The van der Waals surface area contributed by atoms with E-state index < -0.39 is 21.9 Å². The van der Waals surface area contributed by atoms with Gasteiger partial charge in [0.25, 0.3) is 0 Å². The molecule has 3 aromatic rings. The van der Waals surface area contributed by atoms with Crippen LogP contribution in [0.3, 0.4) is 0 Å². The highest BCUT2D eigenvalue weighted by molar-refractivity contribution is 9.10. The van der Waals surface area contributed by atoms with E-state index in [-0.39, 0.29) is 22.5 Å². The molecule has 1 saturated heterocycles. The van der Waals surface area contributed by atoms with E-state index in [4.69, 9.17) is 11.6 Å². The summed E-state index contributed by atoms with van der Waals surface area (Å²) in [5, 5.41) is 9.94. The van der Waals surface area contributed by atoms with Gasteiger partial charge in [0, 0.05) is 23.7 Å². The van der Waals surface area contributed by atoms with Crippen molar-refractivity contribution in [2.24, 2.45) is 0 Å². The molecule has 164 valence electrons. The number of rotatable bonds is 4. The van der Waals surface area contributed by atoms with E-state index in [1.54, 1.807) is 31.3 Å². The second kappa shape index (κ2) is 8.63. The van der Waals surface area contributed by atoms with Gasteiger partial charge >= 0.3 is 0 Å². The third-order valence-corrected chi connectivity index (χ3v) is 8.52. The first-order valence-electron chi connectivity index (χ1n) is 9.67. The van der Waals surface area contributed by atoms with Gasteiger partial charge in [-0.3, -0.25) is 0 Å². The summed E-state index contributed by atoms with van der Waals surface area (Å²) in [4.78, 5) is 7.43. The highest BCUT2D eigenvalue weighted by atomic mass is 79.9. The van der Waals surface area contributed by atoms with Gasteiger partial charge in [-0.2, -0.15) is 4.31 Å². The number of nitrogens with one attached hydrogen (secondary N) is 1. The maximum absolute atomic E-state index is 13.9. The van der Waals surface area contributed by atoms with Crippen molar-refractivity contribution in [3.05, 3.63) is 57.9 Å². The third-order valence-electron chi connectivity index (χ3n) is 5.39. The van der Waals surface area contributed by atoms with E-state index in [1.807, 2.05) is 0 Å². The second-order valence-electron chi connectivity index (χ2n) is 7.56. The second-order valence-corrected chi connectivity index (χ2v) is 10.7. The van der Waals surface area contributed by atoms with Crippen LogP contribution in [0.4, 0.5) is 4.39 Å². The molecule has 0 saturated carbocycles. The van der Waals surface area contributed by atoms with Crippen molar-refractivity contribution in [3.63, 3.8) is 0 Å². The standard InChI is InChI=1S/C21H20BrClFN3O3S/c1-12-8-15(28)6-7-27(12)31(29,30)20-10-14(3-5-17(20)23)21-25-11-19(26-21)13-2-4-16(22)18(24)9-13/h2-5,9-12,15,28H,6-8H2,1H3,(H,25,26). The van der Waals surface area contributed by atoms with Gasteiger partial charge in [-0.25, -0.2) is 17.8 Å². The van der Waals surface area contributed by atoms with Crippen LogP contribution in [0.15, 0.2) is 52.0 Å². The molecule has 10 heteroatoms. The molecule has 0 amide bonds.